The summed E-state index contributed by atoms with van der Waals surface area (Å²) in [4.78, 5) is 25.4. The molecule has 64 heavy (non-hydrogen) atoms. The fraction of sp³-hybridized carbons (Fsp3) is 0.525. The standard InChI is InChI=1S/C59H90O5/c1-4-7-10-13-16-19-22-25-28-30-32-34-37-40-43-46-49-52-58(60)63-56-57(55-62-54-51-48-45-42-39-36-27-24-21-18-15-12-9-6-3)64-59(61)53-50-47-44-41-38-35-33-31-29-26-23-20-17-14-11-8-5-2/h7-12,16-21,25-29,32-36,40,42-43,45,57H,4-6,13-15,22-24,30-31,37-39,41,44,46-56H2,1-3H3/b10-7-,11-8-,12-9-,19-16-,20-17-,21-18-,28-25-,29-26-,34-32-,35-33-,36-27-,43-40-,45-42-. The molecule has 0 rings (SSSR count). The molecular weight excluding hydrogens is 789 g/mol. The van der Waals surface area contributed by atoms with Crippen LogP contribution in [0, 0.1) is 0 Å². The summed E-state index contributed by atoms with van der Waals surface area (Å²) in [7, 11) is 0. The van der Waals surface area contributed by atoms with E-state index in [9.17, 15) is 9.59 Å². The van der Waals surface area contributed by atoms with Crippen LogP contribution in [0.25, 0.3) is 0 Å². The van der Waals surface area contributed by atoms with Crippen molar-refractivity contribution < 1.29 is 23.8 Å². The van der Waals surface area contributed by atoms with Crippen LogP contribution in [-0.2, 0) is 23.8 Å². The van der Waals surface area contributed by atoms with E-state index in [1.54, 1.807) is 0 Å². The predicted octanol–water partition coefficient (Wildman–Crippen LogP) is 17.1. The summed E-state index contributed by atoms with van der Waals surface area (Å²) >= 11 is 0. The highest BCUT2D eigenvalue weighted by Gasteiger charge is 2.17. The highest BCUT2D eigenvalue weighted by molar-refractivity contribution is 5.70. The maximum absolute atomic E-state index is 12.8. The summed E-state index contributed by atoms with van der Waals surface area (Å²) in [5.74, 6) is -0.539. The molecule has 0 bridgehead atoms. The minimum atomic E-state index is -0.613. The molecule has 1 unspecified atom stereocenters. The number of hydrogen-bond donors (Lipinski definition) is 0. The largest absolute Gasteiger partial charge is 0.462 e. The highest BCUT2D eigenvalue weighted by Crippen LogP contribution is 2.10. The SMILES string of the molecule is CC/C=C\C/C=C\C/C=C\C/C=C\C/C=C\CCCC(=O)OCC(COCCC/C=C\C/C=C\C/C=C\C/C=C\CC)OC(=O)CCCCCC/C=C\C/C=C\C/C=C\C/C=C\CC. The van der Waals surface area contributed by atoms with E-state index in [0.717, 1.165) is 135 Å². The number of unbranched alkanes of at least 4 members (excludes halogenated alkanes) is 6. The molecule has 0 radical (unpaired) electrons. The third-order valence-corrected chi connectivity index (χ3v) is 9.54. The van der Waals surface area contributed by atoms with Gasteiger partial charge in [-0.15, -0.1) is 0 Å². The van der Waals surface area contributed by atoms with E-state index >= 15 is 0 Å². The molecule has 356 valence electrons. The molecule has 0 aliphatic heterocycles. The smallest absolute Gasteiger partial charge is 0.306 e. The molecule has 0 saturated heterocycles. The van der Waals surface area contributed by atoms with Crippen molar-refractivity contribution in [2.45, 2.75) is 181 Å². The van der Waals surface area contributed by atoms with Crippen molar-refractivity contribution in [1.82, 2.24) is 0 Å². The first-order chi connectivity index (χ1) is 31.6. The molecule has 1 atom stereocenters. The van der Waals surface area contributed by atoms with Gasteiger partial charge in [-0.2, -0.15) is 0 Å². The van der Waals surface area contributed by atoms with Crippen LogP contribution in [0.5, 0.6) is 0 Å². The molecule has 0 aliphatic carbocycles. The molecule has 5 heteroatoms. The molecule has 0 saturated carbocycles. The van der Waals surface area contributed by atoms with Crippen LogP contribution < -0.4 is 0 Å². The lowest BCUT2D eigenvalue weighted by atomic mass is 10.1. The van der Waals surface area contributed by atoms with E-state index in [1.165, 1.54) is 0 Å². The Labute approximate surface area is 393 Å². The third kappa shape index (κ3) is 50.2. The number of carbonyl (C=O) groups excluding carboxylic acids is 2. The van der Waals surface area contributed by atoms with Gasteiger partial charge >= 0.3 is 11.9 Å². The van der Waals surface area contributed by atoms with Gasteiger partial charge in [0.2, 0.25) is 0 Å². The third-order valence-electron chi connectivity index (χ3n) is 9.54. The Bertz CT molecular complexity index is 1460. The van der Waals surface area contributed by atoms with Crippen molar-refractivity contribution in [2.24, 2.45) is 0 Å². The van der Waals surface area contributed by atoms with Crippen molar-refractivity contribution in [3.05, 3.63) is 158 Å². The molecule has 0 aliphatic rings. The second-order valence-electron chi connectivity index (χ2n) is 15.6. The average Bonchev–Trinajstić information content (AvgIpc) is 3.30. The number of hydrogen-bond acceptors (Lipinski definition) is 5. The van der Waals surface area contributed by atoms with Gasteiger partial charge in [-0.3, -0.25) is 9.59 Å². The molecule has 0 aromatic heterocycles. The Hall–Kier alpha value is -4.48. The normalized spacial score (nSPS) is 13.6. The minimum Gasteiger partial charge on any atom is -0.462 e. The summed E-state index contributed by atoms with van der Waals surface area (Å²) in [6, 6.07) is 0. The van der Waals surface area contributed by atoms with Gasteiger partial charge in [0, 0.05) is 19.4 Å². The lowest BCUT2D eigenvalue weighted by Crippen LogP contribution is -2.30. The van der Waals surface area contributed by atoms with Crippen LogP contribution in [0.1, 0.15) is 175 Å². The number of allylic oxidation sites excluding steroid dienone is 26. The number of ether oxygens (including phenoxy) is 3. The van der Waals surface area contributed by atoms with Crippen molar-refractivity contribution in [2.75, 3.05) is 19.8 Å². The quantitative estimate of drug-likeness (QED) is 0.0347. The Morgan fingerprint density at radius 3 is 1.08 bits per heavy atom. The molecular formula is C59H90O5. The summed E-state index contributed by atoms with van der Waals surface area (Å²) in [6.45, 7) is 7.22. The fourth-order valence-electron chi connectivity index (χ4n) is 5.95. The first-order valence-electron chi connectivity index (χ1n) is 25.0. The van der Waals surface area contributed by atoms with Crippen LogP contribution in [-0.4, -0.2) is 37.9 Å². The van der Waals surface area contributed by atoms with E-state index in [-0.39, 0.29) is 25.2 Å². The summed E-state index contributed by atoms with van der Waals surface area (Å²) in [5.41, 5.74) is 0. The maximum Gasteiger partial charge on any atom is 0.306 e. The van der Waals surface area contributed by atoms with Gasteiger partial charge in [-0.05, 0) is 128 Å². The molecule has 0 N–H and O–H groups in total. The van der Waals surface area contributed by atoms with Crippen molar-refractivity contribution in [1.29, 1.82) is 0 Å². The van der Waals surface area contributed by atoms with Gasteiger partial charge < -0.3 is 14.2 Å². The average molecular weight is 879 g/mol. The van der Waals surface area contributed by atoms with Crippen molar-refractivity contribution >= 4 is 11.9 Å². The van der Waals surface area contributed by atoms with E-state index in [0.29, 0.717) is 25.9 Å². The van der Waals surface area contributed by atoms with Crippen LogP contribution in [0.2, 0.25) is 0 Å². The van der Waals surface area contributed by atoms with E-state index < -0.39 is 6.10 Å². The molecule has 0 spiro atoms. The van der Waals surface area contributed by atoms with E-state index in [4.69, 9.17) is 14.2 Å². The summed E-state index contributed by atoms with van der Waals surface area (Å²) in [5, 5.41) is 0. The van der Waals surface area contributed by atoms with Crippen LogP contribution in [0.15, 0.2) is 158 Å². The first kappa shape index (κ1) is 59.5. The highest BCUT2D eigenvalue weighted by atomic mass is 16.6. The molecule has 0 heterocycles. The molecule has 5 nitrogen and oxygen atoms in total. The van der Waals surface area contributed by atoms with Gasteiger partial charge in [0.1, 0.15) is 6.61 Å². The zero-order valence-electron chi connectivity index (χ0n) is 40.7. The summed E-state index contributed by atoms with van der Waals surface area (Å²) < 4.78 is 17.2. The lowest BCUT2D eigenvalue weighted by Gasteiger charge is -2.18. The molecule has 0 aromatic carbocycles. The Morgan fingerprint density at radius 1 is 0.344 bits per heavy atom. The fourth-order valence-corrected chi connectivity index (χ4v) is 5.95. The van der Waals surface area contributed by atoms with E-state index in [1.807, 2.05) is 0 Å². The second kappa shape index (κ2) is 52.9. The number of rotatable bonds is 43. The minimum absolute atomic E-state index is 0.0119. The Kier molecular flexibility index (Phi) is 49.2. The maximum atomic E-state index is 12.8. The van der Waals surface area contributed by atoms with Gasteiger partial charge in [0.15, 0.2) is 6.10 Å². The van der Waals surface area contributed by atoms with Gasteiger partial charge in [-0.1, -0.05) is 192 Å². The van der Waals surface area contributed by atoms with Crippen LogP contribution in [0.4, 0.5) is 0 Å². The number of carbonyl (C=O) groups is 2. The lowest BCUT2D eigenvalue weighted by molar-refractivity contribution is -0.162. The molecule has 0 aromatic rings. The topological polar surface area (TPSA) is 61.8 Å². The van der Waals surface area contributed by atoms with Gasteiger partial charge in [0.05, 0.1) is 6.61 Å². The monoisotopic (exact) mass is 879 g/mol. The first-order valence-corrected chi connectivity index (χ1v) is 25.0. The van der Waals surface area contributed by atoms with Gasteiger partial charge in [-0.25, -0.2) is 0 Å². The van der Waals surface area contributed by atoms with E-state index in [2.05, 4.69) is 179 Å². The van der Waals surface area contributed by atoms with Crippen LogP contribution in [0.3, 0.4) is 0 Å². The van der Waals surface area contributed by atoms with Gasteiger partial charge in [0.25, 0.3) is 0 Å². The number of esters is 2. The second-order valence-corrected chi connectivity index (χ2v) is 15.6. The summed E-state index contributed by atoms with van der Waals surface area (Å²) in [6.07, 6.45) is 78.4. The molecule has 0 amide bonds. The van der Waals surface area contributed by atoms with Crippen molar-refractivity contribution in [3.8, 4) is 0 Å². The Morgan fingerprint density at radius 2 is 0.672 bits per heavy atom. The van der Waals surface area contributed by atoms with Crippen molar-refractivity contribution in [3.63, 3.8) is 0 Å². The molecule has 0 fully saturated rings. The zero-order valence-corrected chi connectivity index (χ0v) is 40.7. The van der Waals surface area contributed by atoms with Crippen LogP contribution >= 0.6 is 0 Å². The Balaban J connectivity index is 4.53. The predicted molar refractivity (Wildman–Crippen MR) is 278 cm³/mol. The zero-order chi connectivity index (χ0) is 46.3.